The van der Waals surface area contributed by atoms with Crippen LogP contribution < -0.4 is 9.64 Å². The van der Waals surface area contributed by atoms with Gasteiger partial charge in [-0.1, -0.05) is 30.3 Å². The summed E-state index contributed by atoms with van der Waals surface area (Å²) in [6.45, 7) is 0. The molecule has 2 saturated carbocycles. The van der Waals surface area contributed by atoms with Crippen LogP contribution in [0.25, 0.3) is 0 Å². The van der Waals surface area contributed by atoms with Gasteiger partial charge < -0.3 is 4.74 Å². The van der Waals surface area contributed by atoms with Gasteiger partial charge in [-0.25, -0.2) is 0 Å². The van der Waals surface area contributed by atoms with Gasteiger partial charge in [0.05, 0.1) is 23.9 Å². The SMILES string of the molecule is O=C(Cc1ccccc1)Oc1ccc(N2C(=O)[C@H]3[C@H]4CC[C@@H](C4)[C@@H]3C2=O)cc1. The molecule has 0 unspecified atom stereocenters. The molecule has 142 valence electrons. The van der Waals surface area contributed by atoms with Gasteiger partial charge in [-0.3, -0.25) is 19.3 Å². The number of carbonyl (C=O) groups is 3. The maximum atomic E-state index is 12.9. The van der Waals surface area contributed by atoms with E-state index in [1.54, 1.807) is 24.3 Å². The fourth-order valence-electron chi connectivity index (χ4n) is 5.26. The van der Waals surface area contributed by atoms with E-state index in [2.05, 4.69) is 0 Å². The van der Waals surface area contributed by atoms with Crippen molar-refractivity contribution in [1.29, 1.82) is 0 Å². The fourth-order valence-corrected chi connectivity index (χ4v) is 5.26. The van der Waals surface area contributed by atoms with Crippen LogP contribution in [0.5, 0.6) is 5.75 Å². The van der Waals surface area contributed by atoms with E-state index in [0.29, 0.717) is 23.3 Å². The number of fused-ring (bicyclic) bond motifs is 5. The monoisotopic (exact) mass is 375 g/mol. The lowest BCUT2D eigenvalue weighted by atomic mass is 9.81. The van der Waals surface area contributed by atoms with Crippen LogP contribution in [0.3, 0.4) is 0 Å². The van der Waals surface area contributed by atoms with Gasteiger partial charge in [0.1, 0.15) is 5.75 Å². The van der Waals surface area contributed by atoms with E-state index >= 15 is 0 Å². The minimum atomic E-state index is -0.349. The highest BCUT2D eigenvalue weighted by molar-refractivity contribution is 6.22. The summed E-state index contributed by atoms with van der Waals surface area (Å²) in [5.41, 5.74) is 1.45. The number of benzene rings is 2. The van der Waals surface area contributed by atoms with E-state index in [1.165, 1.54) is 4.90 Å². The molecule has 2 aromatic carbocycles. The van der Waals surface area contributed by atoms with Crippen LogP contribution in [0, 0.1) is 23.7 Å². The molecule has 28 heavy (non-hydrogen) atoms. The van der Waals surface area contributed by atoms with Crippen LogP contribution in [0.1, 0.15) is 24.8 Å². The van der Waals surface area contributed by atoms with E-state index in [9.17, 15) is 14.4 Å². The Morgan fingerprint density at radius 3 is 2.11 bits per heavy atom. The summed E-state index contributed by atoms with van der Waals surface area (Å²) in [5.74, 6) is 0.419. The molecule has 0 aromatic heterocycles. The van der Waals surface area contributed by atoms with Gasteiger partial charge in [-0.05, 0) is 60.9 Å². The average molecular weight is 375 g/mol. The molecule has 5 nitrogen and oxygen atoms in total. The first-order chi connectivity index (χ1) is 13.6. The molecule has 3 aliphatic rings. The van der Waals surface area contributed by atoms with Crippen LogP contribution in [-0.4, -0.2) is 17.8 Å². The summed E-state index contributed by atoms with van der Waals surface area (Å²) >= 11 is 0. The van der Waals surface area contributed by atoms with E-state index in [4.69, 9.17) is 4.74 Å². The Bertz CT molecular complexity index is 909. The van der Waals surface area contributed by atoms with Crippen molar-refractivity contribution in [1.82, 2.24) is 0 Å². The minimum Gasteiger partial charge on any atom is -0.426 e. The largest absolute Gasteiger partial charge is 0.426 e. The molecule has 2 aliphatic carbocycles. The van der Waals surface area contributed by atoms with Crippen molar-refractivity contribution in [2.24, 2.45) is 23.7 Å². The zero-order valence-electron chi connectivity index (χ0n) is 15.4. The third-order valence-electron chi connectivity index (χ3n) is 6.45. The molecule has 1 aliphatic heterocycles. The maximum absolute atomic E-state index is 12.9. The van der Waals surface area contributed by atoms with Gasteiger partial charge >= 0.3 is 5.97 Å². The minimum absolute atomic E-state index is 0.0592. The number of esters is 1. The number of imide groups is 1. The molecule has 2 bridgehead atoms. The topological polar surface area (TPSA) is 63.7 Å². The van der Waals surface area contributed by atoms with Crippen molar-refractivity contribution in [3.63, 3.8) is 0 Å². The molecule has 3 fully saturated rings. The van der Waals surface area contributed by atoms with Crippen molar-refractivity contribution in [2.45, 2.75) is 25.7 Å². The molecule has 1 saturated heterocycles. The highest BCUT2D eigenvalue weighted by Crippen LogP contribution is 2.56. The first-order valence-electron chi connectivity index (χ1n) is 9.84. The third kappa shape index (κ3) is 2.73. The fraction of sp³-hybridized carbons (Fsp3) is 0.348. The standard InChI is InChI=1S/C23H21NO4/c25-19(12-14-4-2-1-3-5-14)28-18-10-8-17(9-11-18)24-22(26)20-15-6-7-16(13-15)21(20)23(24)27/h1-5,8-11,15-16,20-21H,6-7,12-13H2/t15-,16-,20-,21-/m0/s1. The smallest absolute Gasteiger partial charge is 0.315 e. The van der Waals surface area contributed by atoms with Crippen molar-refractivity contribution in [3.8, 4) is 5.75 Å². The van der Waals surface area contributed by atoms with Gasteiger partial charge in [0.15, 0.2) is 0 Å². The maximum Gasteiger partial charge on any atom is 0.315 e. The van der Waals surface area contributed by atoms with Gasteiger partial charge in [-0.15, -0.1) is 0 Å². The quantitative estimate of drug-likeness (QED) is 0.467. The highest BCUT2D eigenvalue weighted by Gasteiger charge is 2.61. The van der Waals surface area contributed by atoms with Crippen molar-refractivity contribution < 1.29 is 19.1 Å². The van der Waals surface area contributed by atoms with Gasteiger partial charge in [0.25, 0.3) is 0 Å². The predicted octanol–water partition coefficient (Wildman–Crippen LogP) is 3.37. The second-order valence-electron chi connectivity index (χ2n) is 8.03. The zero-order valence-corrected chi connectivity index (χ0v) is 15.4. The van der Waals surface area contributed by atoms with Crippen LogP contribution in [-0.2, 0) is 20.8 Å². The van der Waals surface area contributed by atoms with Crippen molar-refractivity contribution in [3.05, 3.63) is 60.2 Å². The molecule has 4 atom stereocenters. The van der Waals surface area contributed by atoms with Gasteiger partial charge in [-0.2, -0.15) is 0 Å². The van der Waals surface area contributed by atoms with Gasteiger partial charge in [0.2, 0.25) is 11.8 Å². The van der Waals surface area contributed by atoms with E-state index in [1.807, 2.05) is 30.3 Å². The van der Waals surface area contributed by atoms with Crippen LogP contribution in [0.15, 0.2) is 54.6 Å². The molecule has 0 spiro atoms. The number of hydrogen-bond donors (Lipinski definition) is 0. The Labute approximate surface area is 163 Å². The molecule has 5 heteroatoms. The second-order valence-corrected chi connectivity index (χ2v) is 8.03. The lowest BCUT2D eigenvalue weighted by Gasteiger charge is -2.19. The molecular formula is C23H21NO4. The van der Waals surface area contributed by atoms with Gasteiger partial charge in [0, 0.05) is 0 Å². The molecule has 2 amide bonds. The number of rotatable bonds is 4. The Kier molecular flexibility index (Phi) is 4.04. The summed E-state index contributed by atoms with van der Waals surface area (Å²) in [4.78, 5) is 39.2. The molecule has 5 rings (SSSR count). The highest BCUT2D eigenvalue weighted by atomic mass is 16.5. The molecular weight excluding hydrogens is 354 g/mol. The van der Waals surface area contributed by atoms with Crippen molar-refractivity contribution in [2.75, 3.05) is 4.90 Å². The summed E-state index contributed by atoms with van der Waals surface area (Å²) < 4.78 is 5.38. The Morgan fingerprint density at radius 2 is 1.50 bits per heavy atom. The Morgan fingerprint density at radius 1 is 0.893 bits per heavy atom. The van der Waals surface area contributed by atoms with Crippen LogP contribution in [0.4, 0.5) is 5.69 Å². The zero-order chi connectivity index (χ0) is 19.3. The van der Waals surface area contributed by atoms with E-state index < -0.39 is 0 Å². The third-order valence-corrected chi connectivity index (χ3v) is 6.45. The van der Waals surface area contributed by atoms with Crippen molar-refractivity contribution >= 4 is 23.5 Å². The number of hydrogen-bond acceptors (Lipinski definition) is 4. The predicted molar refractivity (Wildman–Crippen MR) is 103 cm³/mol. The molecule has 0 N–H and O–H groups in total. The number of nitrogens with zero attached hydrogens (tertiary/aromatic N) is 1. The van der Waals surface area contributed by atoms with E-state index in [-0.39, 0.29) is 36.0 Å². The normalized spacial score (nSPS) is 27.9. The van der Waals surface area contributed by atoms with Crippen LogP contribution >= 0.6 is 0 Å². The molecule has 0 radical (unpaired) electrons. The molecule has 1 heterocycles. The van der Waals surface area contributed by atoms with E-state index in [0.717, 1.165) is 24.8 Å². The average Bonchev–Trinajstić information content (AvgIpc) is 3.37. The molecule has 2 aromatic rings. The lowest BCUT2D eigenvalue weighted by Crippen LogP contribution is -2.32. The second kappa shape index (κ2) is 6.59. The van der Waals surface area contributed by atoms with Crippen LogP contribution in [0.2, 0.25) is 0 Å². The number of amides is 2. The summed E-state index contributed by atoms with van der Waals surface area (Å²) in [6, 6.07) is 16.1. The number of anilines is 1. The number of ether oxygens (including phenoxy) is 1. The summed E-state index contributed by atoms with van der Waals surface area (Å²) in [7, 11) is 0. The summed E-state index contributed by atoms with van der Waals surface area (Å²) in [6.07, 6.45) is 3.35. The Hall–Kier alpha value is -2.95. The first-order valence-corrected chi connectivity index (χ1v) is 9.84. The lowest BCUT2D eigenvalue weighted by molar-refractivity contribution is -0.133. The summed E-state index contributed by atoms with van der Waals surface area (Å²) in [5, 5.41) is 0. The Balaban J connectivity index is 1.28. The first kappa shape index (κ1) is 17.2. The number of carbonyl (C=O) groups excluding carboxylic acids is 3.